The van der Waals surface area contributed by atoms with E-state index in [4.69, 9.17) is 0 Å². The summed E-state index contributed by atoms with van der Waals surface area (Å²) in [4.78, 5) is 15.1. The number of hydrogen-bond acceptors (Lipinski definition) is 3. The lowest BCUT2D eigenvalue weighted by Crippen LogP contribution is -2.07. The van der Waals surface area contributed by atoms with Crippen molar-refractivity contribution in [3.8, 4) is 11.1 Å². The van der Waals surface area contributed by atoms with Gasteiger partial charge in [0, 0.05) is 35.1 Å². The molecule has 4 rings (SSSR count). The standard InChI is InChI=1S/C15H9F3N4/c16-15(17,18)9-1-8-3-19-4-11(8)10(2-9)12-6-21-14-13(12)5-20-7-22-14/h1-2,4-7H,3H2,(H,20,21,22). The van der Waals surface area contributed by atoms with Gasteiger partial charge >= 0.3 is 6.18 Å². The van der Waals surface area contributed by atoms with E-state index in [0.29, 0.717) is 27.7 Å². The molecule has 22 heavy (non-hydrogen) atoms. The van der Waals surface area contributed by atoms with Crippen molar-refractivity contribution in [1.82, 2.24) is 15.0 Å². The lowest BCUT2D eigenvalue weighted by atomic mass is 9.94. The number of aliphatic imine (C=N–C) groups is 1. The molecule has 0 radical (unpaired) electrons. The number of rotatable bonds is 1. The largest absolute Gasteiger partial charge is 0.416 e. The van der Waals surface area contributed by atoms with Crippen molar-refractivity contribution in [3.63, 3.8) is 0 Å². The first-order chi connectivity index (χ1) is 10.5. The highest BCUT2D eigenvalue weighted by Gasteiger charge is 2.33. The van der Waals surface area contributed by atoms with Crippen LogP contribution in [0, 0.1) is 0 Å². The molecular formula is C15H9F3N4. The summed E-state index contributed by atoms with van der Waals surface area (Å²) in [5.74, 6) is 0. The van der Waals surface area contributed by atoms with E-state index in [1.807, 2.05) is 0 Å². The number of nitrogens with one attached hydrogen (secondary N) is 1. The van der Waals surface area contributed by atoms with E-state index < -0.39 is 11.7 Å². The Labute approximate surface area is 122 Å². The summed E-state index contributed by atoms with van der Waals surface area (Å²) >= 11 is 0. The van der Waals surface area contributed by atoms with Gasteiger partial charge < -0.3 is 4.98 Å². The van der Waals surface area contributed by atoms with Gasteiger partial charge in [0.25, 0.3) is 0 Å². The molecule has 0 aliphatic carbocycles. The molecule has 1 aliphatic rings. The second-order valence-corrected chi connectivity index (χ2v) is 5.05. The summed E-state index contributed by atoms with van der Waals surface area (Å²) in [6, 6.07) is 2.32. The first kappa shape index (κ1) is 13.0. The Morgan fingerprint density at radius 1 is 1.14 bits per heavy atom. The molecule has 2 aromatic heterocycles. The first-order valence-corrected chi connectivity index (χ1v) is 6.55. The summed E-state index contributed by atoms with van der Waals surface area (Å²) in [6.45, 7) is 0.269. The van der Waals surface area contributed by atoms with E-state index in [1.54, 1.807) is 18.6 Å². The van der Waals surface area contributed by atoms with Gasteiger partial charge in [-0.15, -0.1) is 0 Å². The zero-order valence-corrected chi connectivity index (χ0v) is 11.1. The van der Waals surface area contributed by atoms with Gasteiger partial charge in [-0.05, 0) is 23.3 Å². The van der Waals surface area contributed by atoms with E-state index in [1.165, 1.54) is 6.33 Å². The van der Waals surface area contributed by atoms with Crippen LogP contribution in [0.2, 0.25) is 0 Å². The van der Waals surface area contributed by atoms with Crippen LogP contribution in [-0.4, -0.2) is 21.2 Å². The second-order valence-electron chi connectivity index (χ2n) is 5.05. The maximum absolute atomic E-state index is 13.1. The van der Waals surface area contributed by atoms with Gasteiger partial charge in [0.05, 0.1) is 12.1 Å². The fourth-order valence-electron chi connectivity index (χ4n) is 2.70. The van der Waals surface area contributed by atoms with Crippen LogP contribution in [0.4, 0.5) is 13.2 Å². The quantitative estimate of drug-likeness (QED) is 0.747. The molecule has 0 saturated carbocycles. The van der Waals surface area contributed by atoms with Crippen molar-refractivity contribution < 1.29 is 13.2 Å². The van der Waals surface area contributed by atoms with Crippen molar-refractivity contribution in [1.29, 1.82) is 0 Å². The van der Waals surface area contributed by atoms with E-state index in [9.17, 15) is 13.2 Å². The number of H-pyrrole nitrogens is 1. The zero-order chi connectivity index (χ0) is 15.3. The van der Waals surface area contributed by atoms with E-state index >= 15 is 0 Å². The summed E-state index contributed by atoms with van der Waals surface area (Å²) in [5.41, 5.74) is 2.36. The van der Waals surface area contributed by atoms with E-state index in [2.05, 4.69) is 19.9 Å². The normalized spacial score (nSPS) is 13.8. The highest BCUT2D eigenvalue weighted by molar-refractivity contribution is 6.01. The number of aromatic nitrogens is 3. The third-order valence-corrected chi connectivity index (χ3v) is 3.72. The van der Waals surface area contributed by atoms with Crippen LogP contribution in [0.15, 0.2) is 35.8 Å². The van der Waals surface area contributed by atoms with Gasteiger partial charge in [-0.25, -0.2) is 9.97 Å². The Kier molecular flexibility index (Phi) is 2.60. The average Bonchev–Trinajstić information content (AvgIpc) is 3.12. The molecule has 0 atom stereocenters. The Morgan fingerprint density at radius 3 is 2.82 bits per heavy atom. The lowest BCUT2D eigenvalue weighted by molar-refractivity contribution is -0.137. The molecule has 1 aliphatic heterocycles. The number of halogens is 3. The van der Waals surface area contributed by atoms with Crippen LogP contribution in [0.25, 0.3) is 22.2 Å². The molecule has 0 spiro atoms. The topological polar surface area (TPSA) is 53.9 Å². The van der Waals surface area contributed by atoms with Gasteiger partial charge in [-0.1, -0.05) is 0 Å². The van der Waals surface area contributed by atoms with Gasteiger partial charge in [0.2, 0.25) is 0 Å². The predicted octanol–water partition coefficient (Wildman–Crippen LogP) is 3.58. The Hall–Kier alpha value is -2.70. The molecule has 7 heteroatoms. The van der Waals surface area contributed by atoms with Crippen molar-refractivity contribution in [3.05, 3.63) is 47.5 Å². The van der Waals surface area contributed by atoms with Gasteiger partial charge in [-0.2, -0.15) is 13.2 Å². The summed E-state index contributed by atoms with van der Waals surface area (Å²) in [6.07, 6.45) is 1.86. The SMILES string of the molecule is FC(F)(F)c1cc2c(c(-c3c[nH]c4ncncc34)c1)C=NC2. The molecule has 110 valence electrons. The zero-order valence-electron chi connectivity index (χ0n) is 11.1. The molecule has 0 fully saturated rings. The minimum atomic E-state index is -4.39. The predicted molar refractivity (Wildman–Crippen MR) is 75.6 cm³/mol. The molecule has 1 N–H and O–H groups in total. The molecule has 3 heterocycles. The van der Waals surface area contributed by atoms with Crippen LogP contribution >= 0.6 is 0 Å². The fraction of sp³-hybridized carbons (Fsp3) is 0.133. The van der Waals surface area contributed by atoms with Gasteiger partial charge in [0.1, 0.15) is 12.0 Å². The van der Waals surface area contributed by atoms with Crippen LogP contribution in [0.5, 0.6) is 0 Å². The minimum absolute atomic E-state index is 0.269. The van der Waals surface area contributed by atoms with Crippen LogP contribution in [0.1, 0.15) is 16.7 Å². The van der Waals surface area contributed by atoms with Crippen LogP contribution < -0.4 is 0 Å². The van der Waals surface area contributed by atoms with Crippen molar-refractivity contribution >= 4 is 17.2 Å². The highest BCUT2D eigenvalue weighted by Crippen LogP contribution is 2.38. The first-order valence-electron chi connectivity index (χ1n) is 6.55. The molecule has 0 amide bonds. The maximum atomic E-state index is 13.1. The molecular weight excluding hydrogens is 293 g/mol. The third kappa shape index (κ3) is 1.89. The number of alkyl halides is 3. The lowest BCUT2D eigenvalue weighted by Gasteiger charge is -2.12. The Balaban J connectivity index is 2.02. The maximum Gasteiger partial charge on any atom is 0.416 e. The van der Waals surface area contributed by atoms with Crippen LogP contribution in [0.3, 0.4) is 0 Å². The van der Waals surface area contributed by atoms with E-state index in [-0.39, 0.29) is 6.54 Å². The van der Waals surface area contributed by atoms with Gasteiger partial charge in [0.15, 0.2) is 0 Å². The molecule has 4 nitrogen and oxygen atoms in total. The molecule has 1 aromatic carbocycles. The summed E-state index contributed by atoms with van der Waals surface area (Å²) in [7, 11) is 0. The fourth-order valence-corrected chi connectivity index (χ4v) is 2.70. The van der Waals surface area contributed by atoms with E-state index in [0.717, 1.165) is 17.7 Å². The summed E-state index contributed by atoms with van der Waals surface area (Å²) in [5, 5.41) is 0.685. The second kappa shape index (κ2) is 4.40. The number of nitrogens with zero attached hydrogens (tertiary/aromatic N) is 3. The Morgan fingerprint density at radius 2 is 2.00 bits per heavy atom. The smallest absolute Gasteiger partial charge is 0.345 e. The minimum Gasteiger partial charge on any atom is -0.345 e. The molecule has 0 bridgehead atoms. The monoisotopic (exact) mass is 302 g/mol. The highest BCUT2D eigenvalue weighted by atomic mass is 19.4. The Bertz CT molecular complexity index is 909. The van der Waals surface area contributed by atoms with Gasteiger partial charge in [-0.3, -0.25) is 4.99 Å². The van der Waals surface area contributed by atoms with Crippen molar-refractivity contribution in [2.24, 2.45) is 4.99 Å². The number of fused-ring (bicyclic) bond motifs is 2. The summed E-state index contributed by atoms with van der Waals surface area (Å²) < 4.78 is 39.4. The molecule has 3 aromatic rings. The molecule has 0 saturated heterocycles. The number of benzene rings is 1. The number of aromatic amines is 1. The van der Waals surface area contributed by atoms with Crippen molar-refractivity contribution in [2.75, 3.05) is 0 Å². The average molecular weight is 302 g/mol. The van der Waals surface area contributed by atoms with Crippen molar-refractivity contribution in [2.45, 2.75) is 12.7 Å². The number of hydrogen-bond donors (Lipinski definition) is 1. The third-order valence-electron chi connectivity index (χ3n) is 3.72. The molecule has 0 unspecified atom stereocenters. The van der Waals surface area contributed by atoms with Crippen LogP contribution in [-0.2, 0) is 12.7 Å².